The smallest absolute Gasteiger partial charge is 0.268 e. The van der Waals surface area contributed by atoms with Crippen molar-refractivity contribution in [2.75, 3.05) is 11.4 Å². The van der Waals surface area contributed by atoms with Gasteiger partial charge in [-0.05, 0) is 26.0 Å². The van der Waals surface area contributed by atoms with E-state index in [0.29, 0.717) is 11.4 Å². The Bertz CT molecular complexity index is 442. The number of fused-ring (bicyclic) bond motifs is 1. The molecule has 1 aliphatic rings. The molecule has 0 saturated heterocycles. The van der Waals surface area contributed by atoms with Gasteiger partial charge in [-0.1, -0.05) is 12.1 Å². The van der Waals surface area contributed by atoms with Crippen molar-refractivity contribution in [3.05, 3.63) is 24.3 Å². The topological polar surface area (TPSA) is 46.6 Å². The summed E-state index contributed by atoms with van der Waals surface area (Å²) in [4.78, 5) is 24.5. The zero-order chi connectivity index (χ0) is 11.7. The molecule has 4 nitrogen and oxygen atoms in total. The molecule has 0 bridgehead atoms. The normalized spacial score (nSPS) is 19.0. The number of ether oxygens (including phenoxy) is 1. The second kappa shape index (κ2) is 3.96. The fourth-order valence-electron chi connectivity index (χ4n) is 1.74. The number of ketones is 1. The number of para-hydroxylation sites is 2. The minimum absolute atomic E-state index is 0.0442. The quantitative estimate of drug-likeness (QED) is 0.755. The van der Waals surface area contributed by atoms with Gasteiger partial charge < -0.3 is 4.74 Å². The maximum absolute atomic E-state index is 11.9. The molecule has 1 aromatic carbocycles. The van der Waals surface area contributed by atoms with Crippen LogP contribution in [0, 0.1) is 0 Å². The third-order valence-corrected chi connectivity index (χ3v) is 2.45. The van der Waals surface area contributed by atoms with E-state index < -0.39 is 6.10 Å². The fourth-order valence-corrected chi connectivity index (χ4v) is 1.74. The molecule has 1 atom stereocenters. The Morgan fingerprint density at radius 2 is 2.12 bits per heavy atom. The molecular formula is C12H13NO3. The van der Waals surface area contributed by atoms with Gasteiger partial charge in [-0.25, -0.2) is 0 Å². The summed E-state index contributed by atoms with van der Waals surface area (Å²) < 4.78 is 5.45. The first kappa shape index (κ1) is 10.7. The number of anilines is 1. The SMILES string of the molecule is CC(=O)CN1C(=O)C(C)Oc2ccccc21. The van der Waals surface area contributed by atoms with Crippen molar-refractivity contribution in [2.45, 2.75) is 20.0 Å². The lowest BCUT2D eigenvalue weighted by atomic mass is 10.2. The van der Waals surface area contributed by atoms with Crippen molar-refractivity contribution >= 4 is 17.4 Å². The number of Topliss-reactive ketones (excluding diaryl/α,β-unsaturated/α-hetero) is 1. The minimum atomic E-state index is -0.533. The molecule has 1 aromatic rings. The first-order valence-electron chi connectivity index (χ1n) is 5.16. The van der Waals surface area contributed by atoms with Crippen molar-refractivity contribution in [3.8, 4) is 5.75 Å². The summed E-state index contributed by atoms with van der Waals surface area (Å²) in [5.74, 6) is 0.432. The molecule has 1 aliphatic heterocycles. The Balaban J connectivity index is 2.41. The van der Waals surface area contributed by atoms with Gasteiger partial charge in [0, 0.05) is 0 Å². The van der Waals surface area contributed by atoms with Crippen LogP contribution in [0.2, 0.25) is 0 Å². The molecule has 2 rings (SSSR count). The van der Waals surface area contributed by atoms with E-state index >= 15 is 0 Å². The molecule has 1 unspecified atom stereocenters. The van der Waals surface area contributed by atoms with Crippen LogP contribution in [-0.2, 0) is 9.59 Å². The van der Waals surface area contributed by atoms with Gasteiger partial charge in [0.15, 0.2) is 6.10 Å². The Kier molecular flexibility index (Phi) is 2.64. The average Bonchev–Trinajstić information content (AvgIpc) is 2.24. The summed E-state index contributed by atoms with van der Waals surface area (Å²) in [5, 5.41) is 0. The highest BCUT2D eigenvalue weighted by Crippen LogP contribution is 2.33. The number of nitrogens with zero attached hydrogens (tertiary/aromatic N) is 1. The van der Waals surface area contributed by atoms with Gasteiger partial charge in [0.2, 0.25) is 0 Å². The van der Waals surface area contributed by atoms with E-state index in [0.717, 1.165) is 0 Å². The summed E-state index contributed by atoms with van der Waals surface area (Å²) in [6.45, 7) is 3.25. The van der Waals surface area contributed by atoms with Crippen LogP contribution in [0.3, 0.4) is 0 Å². The van der Waals surface area contributed by atoms with E-state index in [1.54, 1.807) is 19.1 Å². The lowest BCUT2D eigenvalue weighted by molar-refractivity contribution is -0.127. The number of hydrogen-bond donors (Lipinski definition) is 0. The lowest BCUT2D eigenvalue weighted by Crippen LogP contribution is -2.46. The van der Waals surface area contributed by atoms with E-state index in [9.17, 15) is 9.59 Å². The Morgan fingerprint density at radius 3 is 2.81 bits per heavy atom. The van der Waals surface area contributed by atoms with Gasteiger partial charge in [-0.2, -0.15) is 0 Å². The van der Waals surface area contributed by atoms with Gasteiger partial charge in [0.05, 0.1) is 12.2 Å². The molecule has 16 heavy (non-hydrogen) atoms. The number of carbonyl (C=O) groups is 2. The van der Waals surface area contributed by atoms with E-state index in [1.807, 2.05) is 12.1 Å². The predicted octanol–water partition coefficient (Wildman–Crippen LogP) is 1.39. The summed E-state index contributed by atoms with van der Waals surface area (Å²) in [6, 6.07) is 7.24. The zero-order valence-electron chi connectivity index (χ0n) is 9.27. The van der Waals surface area contributed by atoms with Crippen molar-refractivity contribution in [2.24, 2.45) is 0 Å². The van der Waals surface area contributed by atoms with Crippen LogP contribution in [0.25, 0.3) is 0 Å². The molecular weight excluding hydrogens is 206 g/mol. The molecule has 84 valence electrons. The molecule has 0 radical (unpaired) electrons. The van der Waals surface area contributed by atoms with Crippen molar-refractivity contribution in [3.63, 3.8) is 0 Å². The van der Waals surface area contributed by atoms with E-state index in [-0.39, 0.29) is 18.2 Å². The maximum atomic E-state index is 11.9. The summed E-state index contributed by atoms with van der Waals surface area (Å²) in [7, 11) is 0. The zero-order valence-corrected chi connectivity index (χ0v) is 9.27. The van der Waals surface area contributed by atoms with Gasteiger partial charge in [-0.3, -0.25) is 14.5 Å². The van der Waals surface area contributed by atoms with Crippen LogP contribution in [0.15, 0.2) is 24.3 Å². The molecule has 0 fully saturated rings. The molecule has 0 aromatic heterocycles. The van der Waals surface area contributed by atoms with E-state index in [1.165, 1.54) is 11.8 Å². The number of rotatable bonds is 2. The largest absolute Gasteiger partial charge is 0.479 e. The summed E-state index contributed by atoms with van der Waals surface area (Å²) >= 11 is 0. The number of carbonyl (C=O) groups excluding carboxylic acids is 2. The monoisotopic (exact) mass is 219 g/mol. The number of amides is 1. The molecule has 4 heteroatoms. The van der Waals surface area contributed by atoms with Gasteiger partial charge in [0.25, 0.3) is 5.91 Å². The van der Waals surface area contributed by atoms with E-state index in [2.05, 4.69) is 0 Å². The highest BCUT2D eigenvalue weighted by atomic mass is 16.5. The Morgan fingerprint density at radius 1 is 1.44 bits per heavy atom. The number of benzene rings is 1. The molecule has 0 aliphatic carbocycles. The van der Waals surface area contributed by atoms with Crippen LogP contribution in [0.4, 0.5) is 5.69 Å². The van der Waals surface area contributed by atoms with Crippen LogP contribution in [-0.4, -0.2) is 24.3 Å². The second-order valence-corrected chi connectivity index (χ2v) is 3.85. The van der Waals surface area contributed by atoms with Gasteiger partial charge in [0.1, 0.15) is 11.5 Å². The summed E-state index contributed by atoms with van der Waals surface area (Å²) in [5.41, 5.74) is 0.667. The van der Waals surface area contributed by atoms with Gasteiger partial charge >= 0.3 is 0 Å². The van der Waals surface area contributed by atoms with E-state index in [4.69, 9.17) is 4.74 Å². The third kappa shape index (κ3) is 1.78. The van der Waals surface area contributed by atoms with Gasteiger partial charge in [-0.15, -0.1) is 0 Å². The average molecular weight is 219 g/mol. The predicted molar refractivity (Wildman–Crippen MR) is 59.6 cm³/mol. The maximum Gasteiger partial charge on any atom is 0.268 e. The lowest BCUT2D eigenvalue weighted by Gasteiger charge is -2.32. The van der Waals surface area contributed by atoms with Crippen molar-refractivity contribution < 1.29 is 14.3 Å². The Hall–Kier alpha value is -1.84. The first-order chi connectivity index (χ1) is 7.59. The van der Waals surface area contributed by atoms with Crippen LogP contribution in [0.1, 0.15) is 13.8 Å². The molecule has 0 N–H and O–H groups in total. The van der Waals surface area contributed by atoms with Crippen LogP contribution >= 0.6 is 0 Å². The summed E-state index contributed by atoms with van der Waals surface area (Å²) in [6.07, 6.45) is -0.533. The standard InChI is InChI=1S/C12H13NO3/c1-8(14)7-13-10-5-3-4-6-11(10)16-9(2)12(13)15/h3-6,9H,7H2,1-2H3. The van der Waals surface area contributed by atoms with Crippen LogP contribution < -0.4 is 9.64 Å². The van der Waals surface area contributed by atoms with Crippen molar-refractivity contribution in [1.82, 2.24) is 0 Å². The highest BCUT2D eigenvalue weighted by molar-refractivity contribution is 6.03. The second-order valence-electron chi connectivity index (χ2n) is 3.85. The molecule has 0 spiro atoms. The minimum Gasteiger partial charge on any atom is -0.479 e. The highest BCUT2D eigenvalue weighted by Gasteiger charge is 2.31. The molecule has 1 heterocycles. The third-order valence-electron chi connectivity index (χ3n) is 2.45. The fraction of sp³-hybridized carbons (Fsp3) is 0.333. The first-order valence-corrected chi connectivity index (χ1v) is 5.16. The molecule has 0 saturated carbocycles. The van der Waals surface area contributed by atoms with Crippen LogP contribution in [0.5, 0.6) is 5.75 Å². The molecule has 1 amide bonds. The number of hydrogen-bond acceptors (Lipinski definition) is 3. The van der Waals surface area contributed by atoms with Crippen molar-refractivity contribution in [1.29, 1.82) is 0 Å². The Labute approximate surface area is 93.8 Å².